The van der Waals surface area contributed by atoms with Crippen molar-refractivity contribution in [1.82, 2.24) is 0 Å². The Morgan fingerprint density at radius 2 is 1.44 bits per heavy atom. The molecule has 0 aliphatic heterocycles. The number of carboxylic acids is 1. The molecular formula is C14H24O4. The molecule has 0 bridgehead atoms. The summed E-state index contributed by atoms with van der Waals surface area (Å²) in [7, 11) is 0. The van der Waals surface area contributed by atoms with E-state index in [1.165, 1.54) is 12.8 Å². The van der Waals surface area contributed by atoms with Gasteiger partial charge in [-0.2, -0.15) is 0 Å². The molecule has 0 aromatic heterocycles. The predicted molar refractivity (Wildman–Crippen MR) is 67.1 cm³/mol. The summed E-state index contributed by atoms with van der Waals surface area (Å²) in [5.41, 5.74) is 0. The SMILES string of the molecule is O=C(O)C1CCC(C2CCC(COO)CC2)CC1. The van der Waals surface area contributed by atoms with E-state index < -0.39 is 5.97 Å². The Labute approximate surface area is 108 Å². The van der Waals surface area contributed by atoms with Gasteiger partial charge in [-0.25, -0.2) is 4.89 Å². The third-order valence-electron chi connectivity index (χ3n) is 4.99. The number of hydrogen-bond acceptors (Lipinski definition) is 3. The van der Waals surface area contributed by atoms with E-state index in [2.05, 4.69) is 4.89 Å². The lowest BCUT2D eigenvalue weighted by molar-refractivity contribution is -0.252. The molecule has 0 unspecified atom stereocenters. The Balaban J connectivity index is 1.73. The van der Waals surface area contributed by atoms with Crippen LogP contribution in [0.4, 0.5) is 0 Å². The molecule has 0 heterocycles. The van der Waals surface area contributed by atoms with Crippen LogP contribution in [0.15, 0.2) is 0 Å². The van der Waals surface area contributed by atoms with Crippen LogP contribution in [-0.4, -0.2) is 22.9 Å². The molecule has 0 atom stereocenters. The van der Waals surface area contributed by atoms with Gasteiger partial charge in [-0.3, -0.25) is 10.1 Å². The summed E-state index contributed by atoms with van der Waals surface area (Å²) in [6.07, 6.45) is 8.62. The maximum Gasteiger partial charge on any atom is 0.306 e. The molecule has 0 aromatic carbocycles. The molecule has 2 aliphatic carbocycles. The van der Waals surface area contributed by atoms with Crippen LogP contribution in [0.1, 0.15) is 51.4 Å². The summed E-state index contributed by atoms with van der Waals surface area (Å²) < 4.78 is 0. The van der Waals surface area contributed by atoms with Gasteiger partial charge in [0.05, 0.1) is 12.5 Å². The zero-order valence-electron chi connectivity index (χ0n) is 10.9. The maximum absolute atomic E-state index is 10.9. The minimum absolute atomic E-state index is 0.0969. The third-order valence-corrected chi connectivity index (χ3v) is 4.99. The number of hydrogen-bond donors (Lipinski definition) is 2. The second-order valence-corrected chi connectivity index (χ2v) is 6.03. The van der Waals surface area contributed by atoms with Gasteiger partial charge in [0.25, 0.3) is 0 Å². The van der Waals surface area contributed by atoms with E-state index in [1.807, 2.05) is 0 Å². The highest BCUT2D eigenvalue weighted by molar-refractivity contribution is 5.69. The monoisotopic (exact) mass is 256 g/mol. The lowest BCUT2D eigenvalue weighted by atomic mass is 9.69. The Kier molecular flexibility index (Phi) is 5.01. The van der Waals surface area contributed by atoms with E-state index in [0.29, 0.717) is 12.5 Å². The van der Waals surface area contributed by atoms with Gasteiger partial charge in [0.1, 0.15) is 0 Å². The fourth-order valence-corrected chi connectivity index (χ4v) is 3.77. The van der Waals surface area contributed by atoms with Crippen molar-refractivity contribution in [3.05, 3.63) is 0 Å². The molecule has 0 aromatic rings. The van der Waals surface area contributed by atoms with Crippen LogP contribution >= 0.6 is 0 Å². The first-order valence-corrected chi connectivity index (χ1v) is 7.20. The minimum atomic E-state index is -0.614. The Morgan fingerprint density at radius 1 is 0.944 bits per heavy atom. The number of aliphatic carboxylic acids is 1. The Bertz CT molecular complexity index is 263. The van der Waals surface area contributed by atoms with Crippen molar-refractivity contribution in [2.24, 2.45) is 23.7 Å². The van der Waals surface area contributed by atoms with E-state index in [1.54, 1.807) is 0 Å². The molecule has 2 aliphatic rings. The zero-order valence-corrected chi connectivity index (χ0v) is 10.9. The second-order valence-electron chi connectivity index (χ2n) is 6.03. The first kappa shape index (κ1) is 13.8. The topological polar surface area (TPSA) is 66.8 Å². The van der Waals surface area contributed by atoms with Gasteiger partial charge in [-0.05, 0) is 69.1 Å². The van der Waals surface area contributed by atoms with Crippen molar-refractivity contribution in [2.75, 3.05) is 6.61 Å². The second kappa shape index (κ2) is 6.53. The highest BCUT2D eigenvalue weighted by Crippen LogP contribution is 2.41. The van der Waals surface area contributed by atoms with Crippen LogP contribution in [0.5, 0.6) is 0 Å². The van der Waals surface area contributed by atoms with Crippen molar-refractivity contribution in [2.45, 2.75) is 51.4 Å². The molecule has 0 spiro atoms. The molecule has 4 nitrogen and oxygen atoms in total. The largest absolute Gasteiger partial charge is 0.481 e. The molecule has 4 heteroatoms. The van der Waals surface area contributed by atoms with Gasteiger partial charge in [-0.15, -0.1) is 0 Å². The molecule has 2 saturated carbocycles. The van der Waals surface area contributed by atoms with Crippen LogP contribution < -0.4 is 0 Å². The molecule has 2 fully saturated rings. The fraction of sp³-hybridized carbons (Fsp3) is 0.929. The van der Waals surface area contributed by atoms with Gasteiger partial charge in [0.15, 0.2) is 0 Å². The van der Waals surface area contributed by atoms with Crippen LogP contribution in [0, 0.1) is 23.7 Å². The van der Waals surface area contributed by atoms with Gasteiger partial charge < -0.3 is 5.11 Å². The summed E-state index contributed by atoms with van der Waals surface area (Å²) in [5.74, 6) is 1.31. The van der Waals surface area contributed by atoms with Crippen molar-refractivity contribution in [3.8, 4) is 0 Å². The van der Waals surface area contributed by atoms with Crippen molar-refractivity contribution in [1.29, 1.82) is 0 Å². The first-order chi connectivity index (χ1) is 8.70. The van der Waals surface area contributed by atoms with Crippen molar-refractivity contribution < 1.29 is 20.0 Å². The van der Waals surface area contributed by atoms with Gasteiger partial charge >= 0.3 is 5.97 Å². The molecule has 2 rings (SSSR count). The van der Waals surface area contributed by atoms with E-state index >= 15 is 0 Å². The molecule has 0 amide bonds. The van der Waals surface area contributed by atoms with Crippen LogP contribution in [0.3, 0.4) is 0 Å². The summed E-state index contributed by atoms with van der Waals surface area (Å²) in [6.45, 7) is 0.471. The normalized spacial score (nSPS) is 37.4. The average Bonchev–Trinajstić information content (AvgIpc) is 2.40. The van der Waals surface area contributed by atoms with Crippen LogP contribution in [-0.2, 0) is 9.68 Å². The molecule has 2 N–H and O–H groups in total. The zero-order chi connectivity index (χ0) is 13.0. The van der Waals surface area contributed by atoms with Gasteiger partial charge in [0.2, 0.25) is 0 Å². The fourth-order valence-electron chi connectivity index (χ4n) is 3.77. The van der Waals surface area contributed by atoms with Crippen molar-refractivity contribution in [3.63, 3.8) is 0 Å². The van der Waals surface area contributed by atoms with E-state index in [0.717, 1.165) is 50.4 Å². The van der Waals surface area contributed by atoms with E-state index in [-0.39, 0.29) is 5.92 Å². The molecule has 18 heavy (non-hydrogen) atoms. The Hall–Kier alpha value is -0.610. The van der Waals surface area contributed by atoms with E-state index in [9.17, 15) is 4.79 Å². The number of carbonyl (C=O) groups is 1. The molecular weight excluding hydrogens is 232 g/mol. The summed E-state index contributed by atoms with van der Waals surface area (Å²) in [4.78, 5) is 15.2. The predicted octanol–water partition coefficient (Wildman–Crippen LogP) is 3.17. The highest BCUT2D eigenvalue weighted by atomic mass is 17.1. The lowest BCUT2D eigenvalue weighted by Crippen LogP contribution is -2.28. The highest BCUT2D eigenvalue weighted by Gasteiger charge is 2.32. The summed E-state index contributed by atoms with van der Waals surface area (Å²) in [6, 6.07) is 0. The third kappa shape index (κ3) is 3.45. The molecule has 0 saturated heterocycles. The molecule has 0 radical (unpaired) electrons. The smallest absolute Gasteiger partial charge is 0.306 e. The Morgan fingerprint density at radius 3 is 1.89 bits per heavy atom. The van der Waals surface area contributed by atoms with Crippen molar-refractivity contribution >= 4 is 5.97 Å². The number of carboxylic acid groups (broad SMARTS) is 1. The lowest BCUT2D eigenvalue weighted by Gasteiger charge is -2.36. The molecule has 104 valence electrons. The van der Waals surface area contributed by atoms with E-state index in [4.69, 9.17) is 10.4 Å². The first-order valence-electron chi connectivity index (χ1n) is 7.20. The average molecular weight is 256 g/mol. The minimum Gasteiger partial charge on any atom is -0.481 e. The summed E-state index contributed by atoms with van der Waals surface area (Å²) >= 11 is 0. The van der Waals surface area contributed by atoms with Gasteiger partial charge in [0, 0.05) is 0 Å². The maximum atomic E-state index is 10.9. The standard InChI is InChI=1S/C14H24O4/c15-14(16)13-7-5-12(6-8-13)11-3-1-10(2-4-11)9-18-17/h10-13,17H,1-9H2,(H,15,16). The number of rotatable bonds is 4. The quantitative estimate of drug-likeness (QED) is 0.599. The summed E-state index contributed by atoms with van der Waals surface area (Å²) in [5, 5.41) is 17.4. The van der Waals surface area contributed by atoms with Crippen LogP contribution in [0.2, 0.25) is 0 Å². The van der Waals surface area contributed by atoms with Crippen LogP contribution in [0.25, 0.3) is 0 Å². The van der Waals surface area contributed by atoms with Gasteiger partial charge in [-0.1, -0.05) is 0 Å².